The van der Waals surface area contributed by atoms with E-state index in [-0.39, 0.29) is 5.56 Å². The number of pyridine rings is 1. The van der Waals surface area contributed by atoms with Crippen LogP contribution in [0.3, 0.4) is 0 Å². The summed E-state index contributed by atoms with van der Waals surface area (Å²) in [5, 5.41) is 6.04. The van der Waals surface area contributed by atoms with Crippen molar-refractivity contribution in [3.05, 3.63) is 51.7 Å². The average molecular weight is 345 g/mol. The number of aryl methyl sites for hydroxylation is 1. The Morgan fingerprint density at radius 1 is 1.38 bits per heavy atom. The van der Waals surface area contributed by atoms with Gasteiger partial charge in [0, 0.05) is 36.5 Å². The minimum absolute atomic E-state index is 0.125. The maximum absolute atomic E-state index is 12.3. The number of halogens is 1. The molecular weight excluding hydrogens is 328 g/mol. The first kappa shape index (κ1) is 15.4. The highest BCUT2D eigenvalue weighted by Gasteiger charge is 2.33. The lowest BCUT2D eigenvalue weighted by Gasteiger charge is -2.23. The molecule has 0 spiro atoms. The van der Waals surface area contributed by atoms with Crippen molar-refractivity contribution in [3.8, 4) is 5.82 Å². The minimum Gasteiger partial charge on any atom is -0.379 e. The second-order valence-corrected chi connectivity index (χ2v) is 6.83. The van der Waals surface area contributed by atoms with Crippen LogP contribution in [0.1, 0.15) is 18.9 Å². The summed E-state index contributed by atoms with van der Waals surface area (Å²) in [6.07, 6.45) is 4.50. The summed E-state index contributed by atoms with van der Waals surface area (Å²) < 4.78 is 8.95. The van der Waals surface area contributed by atoms with Gasteiger partial charge < -0.3 is 4.74 Å². The molecule has 4 rings (SSSR count). The summed E-state index contributed by atoms with van der Waals surface area (Å²) in [4.78, 5) is 16.5. The van der Waals surface area contributed by atoms with Crippen molar-refractivity contribution in [3.63, 3.8) is 0 Å². The fraction of sp³-hybridized carbons (Fsp3) is 0.353. The van der Waals surface area contributed by atoms with Crippen LogP contribution in [0.2, 0.25) is 5.15 Å². The Morgan fingerprint density at radius 2 is 2.21 bits per heavy atom. The van der Waals surface area contributed by atoms with Gasteiger partial charge in [0.15, 0.2) is 5.82 Å². The predicted molar refractivity (Wildman–Crippen MR) is 92.0 cm³/mol. The molecule has 1 aliphatic rings. The molecule has 0 amide bonds. The molecule has 1 fully saturated rings. The molecule has 7 heteroatoms. The second-order valence-electron chi connectivity index (χ2n) is 6.45. The lowest BCUT2D eigenvalue weighted by molar-refractivity contribution is 0.153. The van der Waals surface area contributed by atoms with E-state index in [1.54, 1.807) is 29.1 Å². The van der Waals surface area contributed by atoms with Crippen LogP contribution in [0.5, 0.6) is 0 Å². The van der Waals surface area contributed by atoms with E-state index in [1.165, 1.54) is 0 Å². The van der Waals surface area contributed by atoms with Gasteiger partial charge in [0.2, 0.25) is 0 Å². The van der Waals surface area contributed by atoms with E-state index in [1.807, 2.05) is 24.6 Å². The minimum atomic E-state index is -0.412. The molecule has 1 saturated heterocycles. The van der Waals surface area contributed by atoms with E-state index in [2.05, 4.69) is 10.1 Å². The largest absolute Gasteiger partial charge is 0.379 e. The molecule has 0 aromatic carbocycles. The molecule has 24 heavy (non-hydrogen) atoms. The van der Waals surface area contributed by atoms with Crippen LogP contribution in [0.4, 0.5) is 0 Å². The van der Waals surface area contributed by atoms with Crippen LogP contribution in [0, 0.1) is 6.92 Å². The van der Waals surface area contributed by atoms with Crippen LogP contribution in [0.15, 0.2) is 35.4 Å². The van der Waals surface area contributed by atoms with Gasteiger partial charge in [-0.05, 0) is 31.9 Å². The lowest BCUT2D eigenvalue weighted by atomic mass is 10.0. The third kappa shape index (κ3) is 2.34. The molecule has 3 aromatic heterocycles. The highest BCUT2D eigenvalue weighted by molar-refractivity contribution is 6.30. The molecule has 6 nitrogen and oxygen atoms in total. The van der Waals surface area contributed by atoms with Gasteiger partial charge in [-0.2, -0.15) is 5.10 Å². The highest BCUT2D eigenvalue weighted by Crippen LogP contribution is 2.27. The average Bonchev–Trinajstić information content (AvgIpc) is 3.13. The standard InChI is InChI=1S/C17H17ClN4O2/c1-11-9-21(13-7-14(18)19-8-12(11)13)15-3-4-16(23)22(20-15)17(2)5-6-24-10-17/h3-4,7-9H,5-6,10H2,1-2H3. The van der Waals surface area contributed by atoms with Gasteiger partial charge >= 0.3 is 0 Å². The molecule has 0 N–H and O–H groups in total. The topological polar surface area (TPSA) is 61.9 Å². The van der Waals surface area contributed by atoms with E-state index < -0.39 is 5.54 Å². The quantitative estimate of drug-likeness (QED) is 0.670. The van der Waals surface area contributed by atoms with Gasteiger partial charge in [-0.1, -0.05) is 11.6 Å². The SMILES string of the molecule is Cc1cn(-c2ccc(=O)n(C3(C)CCOC3)n2)c2cc(Cl)ncc12. The Hall–Kier alpha value is -2.18. The van der Waals surface area contributed by atoms with Crippen molar-refractivity contribution in [2.75, 3.05) is 13.2 Å². The molecule has 0 bridgehead atoms. The fourth-order valence-electron chi connectivity index (χ4n) is 3.19. The highest BCUT2D eigenvalue weighted by atomic mass is 35.5. The van der Waals surface area contributed by atoms with Crippen LogP contribution in [0.25, 0.3) is 16.7 Å². The number of hydrogen-bond donors (Lipinski definition) is 0. The third-order valence-electron chi connectivity index (χ3n) is 4.60. The zero-order valence-corrected chi connectivity index (χ0v) is 14.2. The van der Waals surface area contributed by atoms with Gasteiger partial charge in [-0.25, -0.2) is 9.67 Å². The van der Waals surface area contributed by atoms with E-state index >= 15 is 0 Å². The summed E-state index contributed by atoms with van der Waals surface area (Å²) >= 11 is 6.05. The molecule has 1 atom stereocenters. The first-order chi connectivity index (χ1) is 11.5. The Morgan fingerprint density at radius 3 is 2.96 bits per heavy atom. The van der Waals surface area contributed by atoms with Crippen molar-refractivity contribution >= 4 is 22.5 Å². The number of aromatic nitrogens is 4. The molecule has 4 heterocycles. The molecule has 0 aliphatic carbocycles. The van der Waals surface area contributed by atoms with Gasteiger partial charge in [-0.15, -0.1) is 0 Å². The van der Waals surface area contributed by atoms with E-state index in [9.17, 15) is 4.79 Å². The van der Waals surface area contributed by atoms with E-state index in [0.29, 0.717) is 24.2 Å². The van der Waals surface area contributed by atoms with Gasteiger partial charge in [0.05, 0.1) is 17.7 Å². The number of fused-ring (bicyclic) bond motifs is 1. The molecule has 0 radical (unpaired) electrons. The van der Waals surface area contributed by atoms with E-state index in [4.69, 9.17) is 16.3 Å². The first-order valence-electron chi connectivity index (χ1n) is 7.80. The van der Waals surface area contributed by atoms with Gasteiger partial charge in [-0.3, -0.25) is 9.36 Å². The number of ether oxygens (including phenoxy) is 1. The normalized spacial score (nSPS) is 20.8. The number of nitrogens with zero attached hydrogens (tertiary/aromatic N) is 4. The zero-order chi connectivity index (χ0) is 16.9. The summed E-state index contributed by atoms with van der Waals surface area (Å²) in [6, 6.07) is 5.09. The third-order valence-corrected chi connectivity index (χ3v) is 4.80. The maximum Gasteiger partial charge on any atom is 0.267 e. The summed E-state index contributed by atoms with van der Waals surface area (Å²) in [7, 11) is 0. The first-order valence-corrected chi connectivity index (χ1v) is 8.18. The van der Waals surface area contributed by atoms with E-state index in [0.717, 1.165) is 22.9 Å². The Balaban J connectivity index is 1.92. The monoisotopic (exact) mass is 344 g/mol. The van der Waals surface area contributed by atoms with Gasteiger partial charge in [0.1, 0.15) is 5.15 Å². The molecule has 3 aromatic rings. The number of rotatable bonds is 2. The number of hydrogen-bond acceptors (Lipinski definition) is 4. The fourth-order valence-corrected chi connectivity index (χ4v) is 3.34. The van der Waals surface area contributed by atoms with Crippen molar-refractivity contribution in [1.82, 2.24) is 19.3 Å². The smallest absolute Gasteiger partial charge is 0.267 e. The summed E-state index contributed by atoms with van der Waals surface area (Å²) in [5.74, 6) is 0.670. The Kier molecular flexibility index (Phi) is 3.47. The zero-order valence-electron chi connectivity index (χ0n) is 13.5. The van der Waals surface area contributed by atoms with Crippen molar-refractivity contribution < 1.29 is 4.74 Å². The van der Waals surface area contributed by atoms with Crippen LogP contribution >= 0.6 is 11.6 Å². The van der Waals surface area contributed by atoms with Crippen molar-refractivity contribution in [2.45, 2.75) is 25.8 Å². The van der Waals surface area contributed by atoms with Crippen LogP contribution in [-0.2, 0) is 10.3 Å². The molecule has 0 saturated carbocycles. The summed E-state index contributed by atoms with van der Waals surface area (Å²) in [6.45, 7) is 5.14. The Bertz CT molecular complexity index is 986. The molecular formula is C17H17ClN4O2. The maximum atomic E-state index is 12.3. The molecule has 1 aliphatic heterocycles. The van der Waals surface area contributed by atoms with Crippen molar-refractivity contribution in [1.29, 1.82) is 0 Å². The molecule has 124 valence electrons. The second kappa shape index (κ2) is 5.43. The van der Waals surface area contributed by atoms with Crippen LogP contribution in [-0.4, -0.2) is 32.5 Å². The molecule has 1 unspecified atom stereocenters. The Labute approximate surface area is 143 Å². The van der Waals surface area contributed by atoms with Crippen molar-refractivity contribution in [2.24, 2.45) is 0 Å². The summed E-state index contributed by atoms with van der Waals surface area (Å²) in [5.41, 5.74) is 1.45. The van der Waals surface area contributed by atoms with Gasteiger partial charge in [0.25, 0.3) is 5.56 Å². The van der Waals surface area contributed by atoms with Crippen LogP contribution < -0.4 is 5.56 Å². The lowest BCUT2D eigenvalue weighted by Crippen LogP contribution is -2.41. The predicted octanol–water partition coefficient (Wildman–Crippen LogP) is 2.68.